The second-order valence-corrected chi connectivity index (χ2v) is 3.41. The van der Waals surface area contributed by atoms with Gasteiger partial charge >= 0.3 is 0 Å². The highest BCUT2D eigenvalue weighted by Gasteiger charge is 2.34. The maximum Gasteiger partial charge on any atom is 0.0902 e. The van der Waals surface area contributed by atoms with E-state index in [0.29, 0.717) is 0 Å². The minimum Gasteiger partial charge on any atom is -0.393 e. The minimum atomic E-state index is -0.766. The summed E-state index contributed by atoms with van der Waals surface area (Å²) in [5.41, 5.74) is -0.766. The minimum absolute atomic E-state index is 0.0752. The van der Waals surface area contributed by atoms with Gasteiger partial charge in [0.15, 0.2) is 0 Å². The Hall–Kier alpha value is -0.0800. The smallest absolute Gasteiger partial charge is 0.0902 e. The Balaban J connectivity index is 2.54. The molecule has 1 rings (SSSR count). The lowest BCUT2D eigenvalue weighted by molar-refractivity contribution is -0.0793. The van der Waals surface area contributed by atoms with Gasteiger partial charge in [0, 0.05) is 0 Å². The van der Waals surface area contributed by atoms with Crippen LogP contribution in [0.2, 0.25) is 0 Å². The summed E-state index contributed by atoms with van der Waals surface area (Å²) in [5.74, 6) is 0.270. The lowest BCUT2D eigenvalue weighted by Crippen LogP contribution is -2.42. The normalized spacial score (nSPS) is 41.7. The van der Waals surface area contributed by atoms with Gasteiger partial charge in [-0.2, -0.15) is 0 Å². The third-order valence-electron chi connectivity index (χ3n) is 2.69. The number of hydrogen-bond acceptors (Lipinski definition) is 2. The molecule has 0 aromatic carbocycles. The Bertz CT molecular complexity index is 114. The van der Waals surface area contributed by atoms with Gasteiger partial charge in [-0.15, -0.1) is 0 Å². The lowest BCUT2D eigenvalue weighted by atomic mass is 9.77. The van der Waals surface area contributed by atoms with Crippen LogP contribution in [0.1, 0.15) is 32.6 Å². The molecule has 2 atom stereocenters. The van der Waals surface area contributed by atoms with Gasteiger partial charge in [-0.3, -0.25) is 0 Å². The van der Waals surface area contributed by atoms with Crippen molar-refractivity contribution in [2.75, 3.05) is 6.61 Å². The van der Waals surface area contributed by atoms with E-state index >= 15 is 0 Å². The highest BCUT2D eigenvalue weighted by molar-refractivity contribution is 4.86. The Labute approximate surface area is 61.9 Å². The summed E-state index contributed by atoms with van der Waals surface area (Å²) in [6.45, 7) is 1.93. The van der Waals surface area contributed by atoms with Gasteiger partial charge in [0.2, 0.25) is 0 Å². The summed E-state index contributed by atoms with van der Waals surface area (Å²) < 4.78 is 0. The van der Waals surface area contributed by atoms with Crippen LogP contribution in [0.5, 0.6) is 0 Å². The molecule has 0 heterocycles. The quantitative estimate of drug-likeness (QED) is 0.574. The van der Waals surface area contributed by atoms with Crippen LogP contribution in [0.4, 0.5) is 0 Å². The van der Waals surface area contributed by atoms with E-state index in [1.165, 1.54) is 6.42 Å². The van der Waals surface area contributed by atoms with E-state index in [4.69, 9.17) is 5.11 Å². The van der Waals surface area contributed by atoms with E-state index in [-0.39, 0.29) is 12.5 Å². The molecule has 0 bridgehead atoms. The highest BCUT2D eigenvalue weighted by Crippen LogP contribution is 2.32. The molecule has 1 aliphatic rings. The predicted octanol–water partition coefficient (Wildman–Crippen LogP) is 0.920. The van der Waals surface area contributed by atoms with Crippen LogP contribution >= 0.6 is 0 Å². The van der Waals surface area contributed by atoms with Crippen molar-refractivity contribution in [2.45, 2.75) is 38.2 Å². The molecule has 60 valence electrons. The maximum atomic E-state index is 9.70. The highest BCUT2D eigenvalue weighted by atomic mass is 16.3. The van der Waals surface area contributed by atoms with E-state index in [9.17, 15) is 5.11 Å². The molecule has 10 heavy (non-hydrogen) atoms. The predicted molar refractivity (Wildman–Crippen MR) is 39.7 cm³/mol. The molecule has 1 saturated carbocycles. The van der Waals surface area contributed by atoms with Crippen molar-refractivity contribution in [1.29, 1.82) is 0 Å². The molecule has 0 aliphatic heterocycles. The molecule has 0 saturated heterocycles. The van der Waals surface area contributed by atoms with Crippen molar-refractivity contribution >= 4 is 0 Å². The van der Waals surface area contributed by atoms with E-state index in [2.05, 4.69) is 0 Å². The Kier molecular flexibility index (Phi) is 2.32. The zero-order valence-corrected chi connectivity index (χ0v) is 6.51. The monoisotopic (exact) mass is 144 g/mol. The molecule has 1 fully saturated rings. The first kappa shape index (κ1) is 8.02. The fourth-order valence-corrected chi connectivity index (χ4v) is 1.63. The standard InChI is InChI=1S/C8H16O2/c1-7-4-2-3-5-8(7,10)6-9/h7,9-10H,2-6H2,1H3/t7-,8+/m0/s1. The molecule has 0 radical (unpaired) electrons. The summed E-state index contributed by atoms with van der Waals surface area (Å²) in [5, 5.41) is 18.6. The molecule has 0 unspecified atom stereocenters. The first-order chi connectivity index (χ1) is 4.69. The van der Waals surface area contributed by atoms with Crippen molar-refractivity contribution < 1.29 is 10.2 Å². The van der Waals surface area contributed by atoms with Crippen LogP contribution in [-0.4, -0.2) is 22.4 Å². The third-order valence-corrected chi connectivity index (χ3v) is 2.69. The van der Waals surface area contributed by atoms with Crippen molar-refractivity contribution in [3.8, 4) is 0 Å². The molecule has 0 spiro atoms. The van der Waals surface area contributed by atoms with E-state index in [0.717, 1.165) is 19.3 Å². The Morgan fingerprint density at radius 2 is 2.20 bits per heavy atom. The molecule has 0 amide bonds. The number of aliphatic hydroxyl groups excluding tert-OH is 1. The fraction of sp³-hybridized carbons (Fsp3) is 1.00. The second kappa shape index (κ2) is 2.89. The molecule has 0 aromatic rings. The van der Waals surface area contributed by atoms with Crippen LogP contribution < -0.4 is 0 Å². The van der Waals surface area contributed by atoms with Crippen LogP contribution in [-0.2, 0) is 0 Å². The molecular weight excluding hydrogens is 128 g/mol. The van der Waals surface area contributed by atoms with Crippen molar-refractivity contribution in [3.63, 3.8) is 0 Å². The number of hydrogen-bond donors (Lipinski definition) is 2. The van der Waals surface area contributed by atoms with Gasteiger partial charge in [0.1, 0.15) is 0 Å². The van der Waals surface area contributed by atoms with Gasteiger partial charge < -0.3 is 10.2 Å². The van der Waals surface area contributed by atoms with Crippen LogP contribution in [0.3, 0.4) is 0 Å². The van der Waals surface area contributed by atoms with Crippen LogP contribution in [0.25, 0.3) is 0 Å². The zero-order chi connectivity index (χ0) is 7.61. The SMILES string of the molecule is C[C@H]1CCCC[C@@]1(O)CO. The first-order valence-electron chi connectivity index (χ1n) is 4.02. The summed E-state index contributed by atoms with van der Waals surface area (Å²) in [7, 11) is 0. The van der Waals surface area contributed by atoms with Gasteiger partial charge in [0.05, 0.1) is 12.2 Å². The van der Waals surface area contributed by atoms with Gasteiger partial charge in [-0.1, -0.05) is 19.8 Å². The average molecular weight is 144 g/mol. The van der Waals surface area contributed by atoms with Gasteiger partial charge in [-0.25, -0.2) is 0 Å². The summed E-state index contributed by atoms with van der Waals surface area (Å²) >= 11 is 0. The molecule has 2 nitrogen and oxygen atoms in total. The van der Waals surface area contributed by atoms with E-state index in [1.54, 1.807) is 0 Å². The molecular formula is C8H16O2. The summed E-state index contributed by atoms with van der Waals surface area (Å²) in [6, 6.07) is 0. The van der Waals surface area contributed by atoms with Crippen molar-refractivity contribution in [2.24, 2.45) is 5.92 Å². The fourth-order valence-electron chi connectivity index (χ4n) is 1.63. The zero-order valence-electron chi connectivity index (χ0n) is 6.51. The van der Waals surface area contributed by atoms with Gasteiger partial charge in [0.25, 0.3) is 0 Å². The van der Waals surface area contributed by atoms with E-state index in [1.807, 2.05) is 6.92 Å². The first-order valence-corrected chi connectivity index (χ1v) is 4.02. The number of rotatable bonds is 1. The topological polar surface area (TPSA) is 40.5 Å². The summed E-state index contributed by atoms with van der Waals surface area (Å²) in [4.78, 5) is 0. The molecule has 2 heteroatoms. The van der Waals surface area contributed by atoms with Crippen LogP contribution in [0, 0.1) is 5.92 Å². The maximum absolute atomic E-state index is 9.70. The van der Waals surface area contributed by atoms with Crippen LogP contribution in [0.15, 0.2) is 0 Å². The molecule has 1 aliphatic carbocycles. The molecule has 2 N–H and O–H groups in total. The Morgan fingerprint density at radius 1 is 1.50 bits per heavy atom. The molecule has 0 aromatic heterocycles. The largest absolute Gasteiger partial charge is 0.393 e. The van der Waals surface area contributed by atoms with Crippen molar-refractivity contribution in [3.05, 3.63) is 0 Å². The Morgan fingerprint density at radius 3 is 2.60 bits per heavy atom. The number of aliphatic hydroxyl groups is 2. The van der Waals surface area contributed by atoms with E-state index < -0.39 is 5.60 Å². The van der Waals surface area contributed by atoms with Gasteiger partial charge in [-0.05, 0) is 18.8 Å². The summed E-state index contributed by atoms with van der Waals surface area (Å²) in [6.07, 6.45) is 4.08. The van der Waals surface area contributed by atoms with Crippen molar-refractivity contribution in [1.82, 2.24) is 0 Å². The second-order valence-electron chi connectivity index (χ2n) is 3.41. The third kappa shape index (κ3) is 1.32. The lowest BCUT2D eigenvalue weighted by Gasteiger charge is -2.36. The average Bonchev–Trinajstić information content (AvgIpc) is 1.96.